The standard InChI is InChI=1S/C26H31BO7.C25H24N2O5.C24H22N2O5.C6H7ClN2.CH4.Li.H2O/c1-7-30-23(28)14-18-8-9-20(29-6)15-22(18)32-16-17-12-19-10-11-31-24(19)21(13-17)27-33-25(2,3)26(4,5)34-27;1-2-30-24(29)12-18-3-4-21(28)13-23(18)32-15-16-9-19-6-8-31-25(19)22(10-16)17-5-7-27-20(11-17)14-26;1-29-20-3-2-17(11-23(27)28)22(12-20)31-14-15-8-18-5-7-30-24(18)21(9-15)16-4-6-26-19(10-16)13-25;7-5-1-2-9-6(3-5)4-8;;;/h8-13,15H,7,14,16H2,1-6H3;3-11,13,28H,2,12,14-15,26H2,1H3;2-10,12H,11,13-14,25H2,1H3,(H,27,28);1-3H,4,8H2;1H4;;1H2/q;;;;;+1;/p-1. The summed E-state index contributed by atoms with van der Waals surface area (Å²) in [6, 6.07) is 44.1. The quantitative estimate of drug-likeness (QED) is 0.0262. The van der Waals surface area contributed by atoms with Crippen molar-refractivity contribution in [3.63, 3.8) is 0 Å². The van der Waals surface area contributed by atoms with Gasteiger partial charge in [-0.3, -0.25) is 29.3 Å². The Kier molecular flexibility index (Phi) is 31.4. The fourth-order valence-electron chi connectivity index (χ4n) is 11.5. The number of nitrogens with zero attached hydrogens (tertiary/aromatic N) is 3. The first-order valence-electron chi connectivity index (χ1n) is 34.1. The van der Waals surface area contributed by atoms with Gasteiger partial charge in [0.25, 0.3) is 0 Å². The van der Waals surface area contributed by atoms with Crippen LogP contribution in [0.5, 0.6) is 34.5 Å². The summed E-state index contributed by atoms with van der Waals surface area (Å²) < 4.78 is 68.7. The van der Waals surface area contributed by atoms with Crippen molar-refractivity contribution in [3.8, 4) is 56.8 Å². The van der Waals surface area contributed by atoms with E-state index in [1.807, 2.05) is 113 Å². The van der Waals surface area contributed by atoms with Gasteiger partial charge in [-0.2, -0.15) is 0 Å². The first-order chi connectivity index (χ1) is 51.1. The van der Waals surface area contributed by atoms with Gasteiger partial charge in [0.15, 0.2) is 0 Å². The van der Waals surface area contributed by atoms with E-state index in [4.69, 9.17) is 84.5 Å². The van der Waals surface area contributed by atoms with Crippen LogP contribution in [-0.2, 0) is 91.9 Å². The number of esters is 2. The number of halogens is 1. The number of carboxylic acid groups (broad SMARTS) is 1. The minimum absolute atomic E-state index is 0. The van der Waals surface area contributed by atoms with Crippen molar-refractivity contribution in [2.24, 2.45) is 17.2 Å². The van der Waals surface area contributed by atoms with Crippen LogP contribution in [-0.4, -0.2) is 94.3 Å². The van der Waals surface area contributed by atoms with Crippen LogP contribution in [0, 0.1) is 0 Å². The van der Waals surface area contributed by atoms with Crippen LogP contribution in [0.2, 0.25) is 5.02 Å². The zero-order valence-electron chi connectivity index (χ0n) is 61.6. The first kappa shape index (κ1) is 85.6. The summed E-state index contributed by atoms with van der Waals surface area (Å²) in [5.41, 5.74) is 29.8. The van der Waals surface area contributed by atoms with Crippen LogP contribution in [0.3, 0.4) is 0 Å². The molecule has 0 unspecified atom stereocenters. The van der Waals surface area contributed by atoms with Gasteiger partial charge in [-0.25, -0.2) is 0 Å². The molecule has 12 aromatic rings. The number of ether oxygens (including phenoxy) is 7. The van der Waals surface area contributed by atoms with E-state index in [0.29, 0.717) is 77.7 Å². The molecular weight excluding hydrogens is 1410 g/mol. The molecule has 13 rings (SSSR count). The van der Waals surface area contributed by atoms with Gasteiger partial charge in [0.2, 0.25) is 0 Å². The summed E-state index contributed by atoms with van der Waals surface area (Å²) in [6.07, 6.45) is 10.1. The molecule has 24 nitrogen and oxygen atoms in total. The van der Waals surface area contributed by atoms with Crippen LogP contribution in [0.4, 0.5) is 0 Å². The third kappa shape index (κ3) is 22.5. The molecule has 0 amide bonds. The zero-order chi connectivity index (χ0) is 75.5. The molecule has 0 radical (unpaired) electrons. The molecule has 6 aromatic heterocycles. The van der Waals surface area contributed by atoms with E-state index < -0.39 is 24.3 Å². The number of carboxylic acids is 1. The number of nitrogens with two attached hydrogens (primary N) is 3. The number of aromatic hydroxyl groups is 1. The second kappa shape index (κ2) is 40.0. The molecule has 1 aliphatic heterocycles. The zero-order valence-corrected chi connectivity index (χ0v) is 62.3. The van der Waals surface area contributed by atoms with Gasteiger partial charge < -0.3 is 88.6 Å². The minimum Gasteiger partial charge on any atom is -0.870 e. The van der Waals surface area contributed by atoms with E-state index in [9.17, 15) is 24.6 Å². The van der Waals surface area contributed by atoms with Crippen LogP contribution in [0.15, 0.2) is 196 Å². The Bertz CT molecular complexity index is 5010. The maximum absolute atomic E-state index is 12.1. The van der Waals surface area contributed by atoms with Crippen molar-refractivity contribution in [3.05, 3.63) is 238 Å². The van der Waals surface area contributed by atoms with Crippen molar-refractivity contribution in [2.75, 3.05) is 27.4 Å². The molecule has 566 valence electrons. The van der Waals surface area contributed by atoms with Crippen LogP contribution in [0.1, 0.15) is 99.4 Å². The second-order valence-corrected chi connectivity index (χ2v) is 25.8. The number of fused-ring (bicyclic) bond motifs is 3. The molecule has 27 heteroatoms. The monoisotopic (exact) mass is 1500 g/mol. The summed E-state index contributed by atoms with van der Waals surface area (Å²) in [5, 5.41) is 22.6. The number of phenolic OH excluding ortho intramolecular Hbond substituents is 1. The van der Waals surface area contributed by atoms with Crippen LogP contribution >= 0.6 is 11.6 Å². The number of aromatic nitrogens is 3. The number of benzene rings is 6. The maximum atomic E-state index is 12.1. The Morgan fingerprint density at radius 2 is 0.899 bits per heavy atom. The number of aliphatic carboxylic acids is 1. The van der Waals surface area contributed by atoms with Crippen molar-refractivity contribution < 1.29 is 105 Å². The topological polar surface area (TPSA) is 361 Å². The SMILES string of the molecule is C.CCOC(=O)Cc1ccc(O)cc1OCc1cc(-c2ccnc(CN)c2)c2occc2c1.CCOC(=O)Cc1ccc(OC)cc1OCc1cc(B2OC(C)(C)C(C)(C)O2)c2occc2c1.COc1ccc(CC(=O)O)c(OCc2cc(-c3ccnc(CN)c3)c3occc3c2)c1.NCc1cc(Cl)ccn1.[Li+].[OH-]. The maximum Gasteiger partial charge on any atom is 1.00 e. The van der Waals surface area contributed by atoms with E-state index in [1.165, 1.54) is 12.1 Å². The second-order valence-electron chi connectivity index (χ2n) is 25.4. The van der Waals surface area contributed by atoms with Gasteiger partial charge in [0.1, 0.15) is 71.1 Å². The Morgan fingerprint density at radius 1 is 0.505 bits per heavy atom. The summed E-state index contributed by atoms with van der Waals surface area (Å²) in [6.45, 7) is 14.2. The fraction of sp³-hybridized carbons (Fsp3) is 0.268. The summed E-state index contributed by atoms with van der Waals surface area (Å²) in [7, 11) is 2.59. The Hall–Kier alpha value is -10.7. The molecule has 7 heterocycles. The Labute approximate surface area is 649 Å². The Morgan fingerprint density at radius 3 is 1.31 bits per heavy atom. The van der Waals surface area contributed by atoms with E-state index in [2.05, 4.69) is 15.0 Å². The number of hydrogen-bond donors (Lipinski definition) is 5. The molecule has 6 aromatic carbocycles. The van der Waals surface area contributed by atoms with Crippen molar-refractivity contribution in [1.29, 1.82) is 0 Å². The molecule has 1 saturated heterocycles. The predicted octanol–water partition coefficient (Wildman–Crippen LogP) is 11.6. The third-order valence-corrected chi connectivity index (χ3v) is 17.7. The third-order valence-electron chi connectivity index (χ3n) is 17.4. The average molecular weight is 1500 g/mol. The van der Waals surface area contributed by atoms with Gasteiger partial charge in [-0.15, -0.1) is 0 Å². The number of hydrogen-bond acceptors (Lipinski definition) is 23. The summed E-state index contributed by atoms with van der Waals surface area (Å²) >= 11 is 5.63. The smallest absolute Gasteiger partial charge is 0.870 e. The van der Waals surface area contributed by atoms with Crippen molar-refractivity contribution >= 4 is 75.0 Å². The molecule has 0 saturated carbocycles. The number of rotatable bonds is 25. The number of methoxy groups -OCH3 is 2. The Balaban J connectivity index is 0.000000212. The molecule has 0 bridgehead atoms. The predicted molar refractivity (Wildman–Crippen MR) is 412 cm³/mol. The molecule has 0 aliphatic carbocycles. The number of furan rings is 3. The molecular formula is C82H89BClLiN6O18. The van der Waals surface area contributed by atoms with Gasteiger partial charge in [-0.1, -0.05) is 43.3 Å². The molecule has 109 heavy (non-hydrogen) atoms. The van der Waals surface area contributed by atoms with Crippen molar-refractivity contribution in [2.45, 2.75) is 119 Å². The molecule has 0 spiro atoms. The van der Waals surface area contributed by atoms with E-state index in [-0.39, 0.29) is 88.5 Å². The normalized spacial score (nSPS) is 12.3. The largest absolute Gasteiger partial charge is 1.00 e. The number of carbonyl (C=O) groups excluding carboxylic acids is 2. The van der Waals surface area contributed by atoms with Gasteiger partial charge in [0, 0.05) is 111 Å². The van der Waals surface area contributed by atoms with E-state index >= 15 is 0 Å². The first-order valence-corrected chi connectivity index (χ1v) is 34.5. The van der Waals surface area contributed by atoms with Gasteiger partial charge >= 0.3 is 43.9 Å². The van der Waals surface area contributed by atoms with E-state index in [1.54, 1.807) is 114 Å². The van der Waals surface area contributed by atoms with Gasteiger partial charge in [-0.05, 0) is 172 Å². The van der Waals surface area contributed by atoms with E-state index in [0.717, 1.165) is 100.0 Å². The van der Waals surface area contributed by atoms with Crippen LogP contribution < -0.4 is 65.2 Å². The summed E-state index contributed by atoms with van der Waals surface area (Å²) in [4.78, 5) is 47.7. The summed E-state index contributed by atoms with van der Waals surface area (Å²) in [5.74, 6) is 1.20. The fourth-order valence-corrected chi connectivity index (χ4v) is 11.6. The van der Waals surface area contributed by atoms with Gasteiger partial charge in [0.05, 0.1) is 93.8 Å². The molecule has 9 N–H and O–H groups in total. The van der Waals surface area contributed by atoms with Crippen LogP contribution in [0.25, 0.3) is 55.2 Å². The average Bonchev–Trinajstić information content (AvgIpc) is 1.63. The van der Waals surface area contributed by atoms with Crippen molar-refractivity contribution in [1.82, 2.24) is 15.0 Å². The minimum atomic E-state index is -0.925. The number of carbonyl (C=O) groups is 3. The molecule has 1 fully saturated rings. The molecule has 1 aliphatic rings. The molecule has 0 atom stereocenters. The number of phenols is 1. The number of pyridine rings is 3.